The van der Waals surface area contributed by atoms with E-state index in [1.807, 2.05) is 51.1 Å². The topological polar surface area (TPSA) is 65.0 Å². The van der Waals surface area contributed by atoms with Crippen LogP contribution >= 0.6 is 23.2 Å². The zero-order valence-corrected chi connectivity index (χ0v) is 21.8. The van der Waals surface area contributed by atoms with Crippen molar-refractivity contribution < 1.29 is 19.1 Å². The van der Waals surface area contributed by atoms with Crippen molar-refractivity contribution in [3.8, 4) is 5.75 Å². The molecule has 5 nitrogen and oxygen atoms in total. The van der Waals surface area contributed by atoms with Gasteiger partial charge in [-0.25, -0.2) is 0 Å². The van der Waals surface area contributed by atoms with E-state index in [-0.39, 0.29) is 23.8 Å². The minimum atomic E-state index is -0.707. The van der Waals surface area contributed by atoms with Crippen LogP contribution < -0.4 is 4.74 Å². The molecule has 184 valence electrons. The summed E-state index contributed by atoms with van der Waals surface area (Å²) < 4.78 is 11.0. The van der Waals surface area contributed by atoms with Crippen molar-refractivity contribution in [3.05, 3.63) is 74.9 Å². The Morgan fingerprint density at radius 2 is 1.77 bits per heavy atom. The van der Waals surface area contributed by atoms with E-state index in [1.54, 1.807) is 19.2 Å². The smallest absolute Gasteiger partial charge is 0.315 e. The van der Waals surface area contributed by atoms with Crippen LogP contribution in [0.3, 0.4) is 0 Å². The van der Waals surface area contributed by atoms with Gasteiger partial charge in [-0.05, 0) is 68.0 Å². The van der Waals surface area contributed by atoms with Crippen LogP contribution in [-0.2, 0) is 14.3 Å². The molecular formula is C28H29Cl2NO4. The molecule has 1 aliphatic carbocycles. The van der Waals surface area contributed by atoms with Gasteiger partial charge in [-0.2, -0.15) is 0 Å². The average molecular weight is 514 g/mol. The number of methoxy groups -OCH3 is 1. The minimum Gasteiger partial charge on any atom is -0.497 e. The number of esters is 1. The Bertz CT molecular complexity index is 1200. The maximum atomic E-state index is 13.7. The lowest BCUT2D eigenvalue weighted by Gasteiger charge is -2.37. The second-order valence-corrected chi connectivity index (χ2v) is 10.0. The van der Waals surface area contributed by atoms with Gasteiger partial charge in [0.05, 0.1) is 23.3 Å². The Morgan fingerprint density at radius 1 is 1.09 bits per heavy atom. The number of benzene rings is 2. The van der Waals surface area contributed by atoms with Crippen molar-refractivity contribution in [1.82, 2.24) is 0 Å². The highest BCUT2D eigenvalue weighted by Gasteiger charge is 2.45. The zero-order chi connectivity index (χ0) is 25.3. The summed E-state index contributed by atoms with van der Waals surface area (Å²) in [5.74, 6) is -0.861. The predicted molar refractivity (Wildman–Crippen MR) is 139 cm³/mol. The third-order valence-corrected chi connectivity index (χ3v) is 7.66. The summed E-state index contributed by atoms with van der Waals surface area (Å²) >= 11 is 12.5. The Morgan fingerprint density at radius 3 is 2.40 bits per heavy atom. The van der Waals surface area contributed by atoms with Crippen LogP contribution in [0.15, 0.2) is 58.7 Å². The minimum absolute atomic E-state index is 0.00165. The first-order valence-corrected chi connectivity index (χ1v) is 12.6. The fourth-order valence-electron chi connectivity index (χ4n) is 4.90. The highest BCUT2D eigenvalue weighted by molar-refractivity contribution is 6.42. The molecule has 0 saturated carbocycles. The molecule has 1 heterocycles. The van der Waals surface area contributed by atoms with E-state index >= 15 is 0 Å². The summed E-state index contributed by atoms with van der Waals surface area (Å²) in [6.45, 7) is 5.65. The standard InChI is InChI=1S/C28H29Cl2NO4/c1-5-15(2)35-28(33)25-16(3)31-23-13-19(17-6-9-20(34-4)10-7-17)14-24(32)27(23)26(25)18-8-11-21(29)22(30)12-18/h6-12,15,19,25-26H,5,13-14H2,1-4H3/t15-,19-,25?,26+/m1/s1. The van der Waals surface area contributed by atoms with Gasteiger partial charge in [-0.3, -0.25) is 14.6 Å². The molecule has 4 rings (SSSR count). The molecule has 2 aromatic rings. The number of allylic oxidation sites excluding steroid dienone is 2. The summed E-state index contributed by atoms with van der Waals surface area (Å²) in [6, 6.07) is 13.1. The van der Waals surface area contributed by atoms with Crippen LogP contribution in [0.1, 0.15) is 63.0 Å². The number of ketones is 1. The van der Waals surface area contributed by atoms with E-state index in [4.69, 9.17) is 37.7 Å². The Hall–Kier alpha value is -2.63. The van der Waals surface area contributed by atoms with Crippen LogP contribution in [0.25, 0.3) is 0 Å². The van der Waals surface area contributed by atoms with Crippen LogP contribution in [0.5, 0.6) is 5.75 Å². The monoisotopic (exact) mass is 513 g/mol. The number of Topliss-reactive ketones (excluding diaryl/α,β-unsaturated/α-hetero) is 1. The molecule has 0 bridgehead atoms. The summed E-state index contributed by atoms with van der Waals surface area (Å²) in [5.41, 5.74) is 3.75. The molecular weight excluding hydrogens is 485 g/mol. The van der Waals surface area contributed by atoms with Crippen LogP contribution in [0.4, 0.5) is 0 Å². The van der Waals surface area contributed by atoms with Gasteiger partial charge in [-0.15, -0.1) is 0 Å². The normalized spacial score (nSPS) is 22.9. The lowest BCUT2D eigenvalue weighted by molar-refractivity contribution is -0.151. The molecule has 0 fully saturated rings. The highest BCUT2D eigenvalue weighted by Crippen LogP contribution is 2.47. The van der Waals surface area contributed by atoms with Gasteiger partial charge in [0.25, 0.3) is 0 Å². The lowest BCUT2D eigenvalue weighted by Crippen LogP contribution is -2.39. The van der Waals surface area contributed by atoms with Crippen molar-refractivity contribution in [2.45, 2.75) is 58.0 Å². The molecule has 35 heavy (non-hydrogen) atoms. The first-order chi connectivity index (χ1) is 16.7. The largest absolute Gasteiger partial charge is 0.497 e. The zero-order valence-electron chi connectivity index (χ0n) is 20.3. The van der Waals surface area contributed by atoms with Crippen molar-refractivity contribution in [3.63, 3.8) is 0 Å². The third-order valence-electron chi connectivity index (χ3n) is 6.92. The Labute approximate surface area is 216 Å². The van der Waals surface area contributed by atoms with E-state index in [0.29, 0.717) is 40.6 Å². The molecule has 0 saturated heterocycles. The number of hydrogen-bond donors (Lipinski definition) is 0. The quantitative estimate of drug-likeness (QED) is 0.393. The predicted octanol–water partition coefficient (Wildman–Crippen LogP) is 6.92. The fourth-order valence-corrected chi connectivity index (χ4v) is 5.20. The van der Waals surface area contributed by atoms with Gasteiger partial charge in [0, 0.05) is 29.3 Å². The van der Waals surface area contributed by atoms with Crippen molar-refractivity contribution in [2.75, 3.05) is 7.11 Å². The van der Waals surface area contributed by atoms with Gasteiger partial charge < -0.3 is 9.47 Å². The third kappa shape index (κ3) is 5.17. The van der Waals surface area contributed by atoms with Crippen LogP contribution in [-0.4, -0.2) is 30.7 Å². The van der Waals surface area contributed by atoms with Gasteiger partial charge in [0.15, 0.2) is 5.78 Å². The van der Waals surface area contributed by atoms with Crippen molar-refractivity contribution in [2.24, 2.45) is 10.9 Å². The van der Waals surface area contributed by atoms with Crippen LogP contribution in [0.2, 0.25) is 10.0 Å². The maximum Gasteiger partial charge on any atom is 0.315 e. The fraction of sp³-hybridized carbons (Fsp3) is 0.393. The summed E-state index contributed by atoms with van der Waals surface area (Å²) in [5, 5.41) is 0.791. The molecule has 7 heteroatoms. The number of carbonyl (C=O) groups excluding carboxylic acids is 2. The number of carbonyl (C=O) groups is 2. The summed E-state index contributed by atoms with van der Waals surface area (Å²) in [4.78, 5) is 31.8. The van der Waals surface area contributed by atoms with E-state index in [9.17, 15) is 9.59 Å². The number of halogens is 2. The average Bonchev–Trinajstić information content (AvgIpc) is 2.84. The molecule has 2 aromatic carbocycles. The van der Waals surface area contributed by atoms with E-state index in [2.05, 4.69) is 0 Å². The second kappa shape index (κ2) is 10.5. The molecule has 1 aliphatic heterocycles. The summed E-state index contributed by atoms with van der Waals surface area (Å²) in [7, 11) is 1.63. The number of rotatable bonds is 6. The molecule has 0 radical (unpaired) electrons. The molecule has 2 aliphatic rings. The molecule has 0 aromatic heterocycles. The van der Waals surface area contributed by atoms with Gasteiger partial charge in [0.1, 0.15) is 11.7 Å². The van der Waals surface area contributed by atoms with E-state index in [1.165, 1.54) is 0 Å². The molecule has 0 spiro atoms. The molecule has 1 unspecified atom stereocenters. The Kier molecular flexibility index (Phi) is 7.67. The Balaban J connectivity index is 1.77. The molecule has 0 amide bonds. The van der Waals surface area contributed by atoms with Gasteiger partial charge in [0.2, 0.25) is 0 Å². The van der Waals surface area contributed by atoms with E-state index < -0.39 is 11.8 Å². The summed E-state index contributed by atoms with van der Waals surface area (Å²) in [6.07, 6.45) is 1.41. The SMILES string of the molecule is CC[C@@H](C)OC(=O)C1C(C)=NC2=C(C(=O)C[C@H](c3ccc(OC)cc3)C2)[C@H]1c1ccc(Cl)c(Cl)c1. The molecule has 0 N–H and O–H groups in total. The second-order valence-electron chi connectivity index (χ2n) is 9.20. The number of aliphatic imine (C=N–C) groups is 1. The van der Waals surface area contributed by atoms with Crippen molar-refractivity contribution in [1.29, 1.82) is 0 Å². The van der Waals surface area contributed by atoms with Crippen molar-refractivity contribution >= 4 is 40.7 Å². The maximum absolute atomic E-state index is 13.7. The van der Waals surface area contributed by atoms with E-state index in [0.717, 1.165) is 22.6 Å². The first-order valence-electron chi connectivity index (χ1n) is 11.8. The number of ether oxygens (including phenoxy) is 2. The number of hydrogen-bond acceptors (Lipinski definition) is 5. The van der Waals surface area contributed by atoms with Gasteiger partial charge in [-0.1, -0.05) is 48.3 Å². The highest BCUT2D eigenvalue weighted by atomic mass is 35.5. The molecule has 4 atom stereocenters. The lowest BCUT2D eigenvalue weighted by atomic mass is 9.69. The first kappa shape index (κ1) is 25.5. The van der Waals surface area contributed by atoms with Crippen LogP contribution in [0, 0.1) is 5.92 Å². The van der Waals surface area contributed by atoms with Gasteiger partial charge >= 0.3 is 5.97 Å². The number of nitrogens with zero attached hydrogens (tertiary/aromatic N) is 1.